The summed E-state index contributed by atoms with van der Waals surface area (Å²) in [6.07, 6.45) is 0. The molecule has 78 valence electrons. The minimum atomic E-state index is 0.186. The van der Waals surface area contributed by atoms with Crippen LogP contribution in [0.4, 0.5) is 0 Å². The van der Waals surface area contributed by atoms with Gasteiger partial charge in [0.2, 0.25) is 0 Å². The summed E-state index contributed by atoms with van der Waals surface area (Å²) >= 11 is 0. The van der Waals surface area contributed by atoms with E-state index in [9.17, 15) is 0 Å². The van der Waals surface area contributed by atoms with Crippen molar-refractivity contribution in [3.05, 3.63) is 12.2 Å². The monoisotopic (exact) mass is 184 g/mol. The summed E-state index contributed by atoms with van der Waals surface area (Å²) in [6.45, 7) is 15.8. The lowest BCUT2D eigenvalue weighted by atomic mass is 10.1. The van der Waals surface area contributed by atoms with Gasteiger partial charge in [0.1, 0.15) is 0 Å². The number of hydrogen-bond acceptors (Lipinski definition) is 2. The van der Waals surface area contributed by atoms with Crippen molar-refractivity contribution >= 4 is 0 Å². The van der Waals surface area contributed by atoms with Crippen LogP contribution in [0, 0.1) is 0 Å². The molecule has 13 heavy (non-hydrogen) atoms. The first kappa shape index (κ1) is 12.7. The summed E-state index contributed by atoms with van der Waals surface area (Å²) in [5.41, 5.74) is 1.42. The normalized spacial score (nSPS) is 12.2. The van der Waals surface area contributed by atoms with Gasteiger partial charge in [-0.1, -0.05) is 19.1 Å². The Bertz CT molecular complexity index is 161. The highest BCUT2D eigenvalue weighted by Crippen LogP contribution is 2.06. The van der Waals surface area contributed by atoms with Crippen molar-refractivity contribution in [3.63, 3.8) is 0 Å². The number of rotatable bonds is 6. The van der Waals surface area contributed by atoms with Crippen LogP contribution in [-0.4, -0.2) is 37.1 Å². The van der Waals surface area contributed by atoms with Crippen molar-refractivity contribution in [1.82, 2.24) is 10.2 Å². The fourth-order valence-electron chi connectivity index (χ4n) is 1.30. The van der Waals surface area contributed by atoms with Crippen LogP contribution in [0.5, 0.6) is 0 Å². The van der Waals surface area contributed by atoms with E-state index in [4.69, 9.17) is 0 Å². The van der Waals surface area contributed by atoms with Gasteiger partial charge < -0.3 is 5.32 Å². The maximum atomic E-state index is 3.94. The van der Waals surface area contributed by atoms with Crippen LogP contribution in [0.25, 0.3) is 0 Å². The number of likely N-dealkylation sites (N-methyl/N-ethyl adjacent to an activating group) is 2. The Morgan fingerprint density at radius 3 is 2.31 bits per heavy atom. The summed E-state index contributed by atoms with van der Waals surface area (Å²) < 4.78 is 0. The summed E-state index contributed by atoms with van der Waals surface area (Å²) in [6, 6.07) is 0. The van der Waals surface area contributed by atoms with Gasteiger partial charge in [0.25, 0.3) is 0 Å². The molecule has 0 atom stereocenters. The molecule has 0 aromatic rings. The molecule has 0 amide bonds. The molecular weight excluding hydrogens is 160 g/mol. The highest BCUT2D eigenvalue weighted by molar-refractivity contribution is 4.93. The second kappa shape index (κ2) is 5.40. The molecule has 0 aliphatic carbocycles. The van der Waals surface area contributed by atoms with Gasteiger partial charge in [-0.2, -0.15) is 0 Å². The Balaban J connectivity index is 4.04. The Labute approximate surface area is 83.0 Å². The molecule has 0 aromatic heterocycles. The van der Waals surface area contributed by atoms with E-state index >= 15 is 0 Å². The molecule has 0 saturated heterocycles. The zero-order valence-electron chi connectivity index (χ0n) is 9.78. The highest BCUT2D eigenvalue weighted by Gasteiger charge is 2.18. The first-order valence-corrected chi connectivity index (χ1v) is 4.97. The van der Waals surface area contributed by atoms with Crippen LogP contribution in [0.3, 0.4) is 0 Å². The zero-order valence-corrected chi connectivity index (χ0v) is 9.78. The topological polar surface area (TPSA) is 15.3 Å². The van der Waals surface area contributed by atoms with Crippen LogP contribution in [0.1, 0.15) is 27.7 Å². The molecule has 0 bridgehead atoms. The van der Waals surface area contributed by atoms with E-state index < -0.39 is 0 Å². The SMILES string of the molecule is C=C(C)CN(CC)CC(C)(C)NC. The summed E-state index contributed by atoms with van der Waals surface area (Å²) in [7, 11) is 2.01. The second-order valence-electron chi connectivity index (χ2n) is 4.39. The molecule has 0 fully saturated rings. The van der Waals surface area contributed by atoms with Gasteiger partial charge in [0.15, 0.2) is 0 Å². The third-order valence-electron chi connectivity index (χ3n) is 2.24. The largest absolute Gasteiger partial charge is 0.314 e. The predicted octanol–water partition coefficient (Wildman–Crippen LogP) is 1.88. The first-order chi connectivity index (χ1) is 5.91. The lowest BCUT2D eigenvalue weighted by Gasteiger charge is -2.31. The molecule has 2 heteroatoms. The smallest absolute Gasteiger partial charge is 0.0249 e. The number of nitrogens with zero attached hydrogens (tertiary/aromatic N) is 1. The third kappa shape index (κ3) is 5.83. The van der Waals surface area contributed by atoms with Gasteiger partial charge >= 0.3 is 0 Å². The molecule has 0 aromatic carbocycles. The van der Waals surface area contributed by atoms with E-state index in [0.717, 1.165) is 19.6 Å². The Morgan fingerprint density at radius 2 is 2.00 bits per heavy atom. The summed E-state index contributed by atoms with van der Waals surface area (Å²) in [5.74, 6) is 0. The fourth-order valence-corrected chi connectivity index (χ4v) is 1.30. The van der Waals surface area contributed by atoms with Crippen molar-refractivity contribution in [2.75, 3.05) is 26.7 Å². The van der Waals surface area contributed by atoms with Crippen LogP contribution in [-0.2, 0) is 0 Å². The number of hydrogen-bond donors (Lipinski definition) is 1. The Hall–Kier alpha value is -0.340. The van der Waals surface area contributed by atoms with Gasteiger partial charge in [-0.05, 0) is 34.4 Å². The molecule has 0 aliphatic rings. The minimum Gasteiger partial charge on any atom is -0.314 e. The lowest BCUT2D eigenvalue weighted by molar-refractivity contribution is 0.230. The molecule has 0 spiro atoms. The van der Waals surface area contributed by atoms with Crippen LogP contribution >= 0.6 is 0 Å². The van der Waals surface area contributed by atoms with E-state index in [2.05, 4.69) is 44.5 Å². The molecule has 1 N–H and O–H groups in total. The van der Waals surface area contributed by atoms with Gasteiger partial charge in [-0.3, -0.25) is 4.90 Å². The van der Waals surface area contributed by atoms with Gasteiger partial charge in [0, 0.05) is 18.6 Å². The third-order valence-corrected chi connectivity index (χ3v) is 2.24. The van der Waals surface area contributed by atoms with Gasteiger partial charge in [0.05, 0.1) is 0 Å². The Morgan fingerprint density at radius 1 is 1.46 bits per heavy atom. The average Bonchev–Trinajstić information content (AvgIpc) is 2.02. The van der Waals surface area contributed by atoms with Crippen molar-refractivity contribution in [1.29, 1.82) is 0 Å². The maximum absolute atomic E-state index is 3.94. The minimum absolute atomic E-state index is 0.186. The molecule has 2 nitrogen and oxygen atoms in total. The molecule has 0 heterocycles. The second-order valence-corrected chi connectivity index (χ2v) is 4.39. The first-order valence-electron chi connectivity index (χ1n) is 4.97. The average molecular weight is 184 g/mol. The summed E-state index contributed by atoms with van der Waals surface area (Å²) in [5, 5.41) is 3.31. The van der Waals surface area contributed by atoms with E-state index in [1.54, 1.807) is 0 Å². The molecule has 0 rings (SSSR count). The molecule has 0 radical (unpaired) electrons. The Kier molecular flexibility index (Phi) is 5.26. The van der Waals surface area contributed by atoms with Crippen molar-refractivity contribution in [2.24, 2.45) is 0 Å². The van der Waals surface area contributed by atoms with E-state index in [1.165, 1.54) is 5.57 Å². The van der Waals surface area contributed by atoms with E-state index in [1.807, 2.05) is 7.05 Å². The van der Waals surface area contributed by atoms with Crippen LogP contribution in [0.2, 0.25) is 0 Å². The predicted molar refractivity (Wildman–Crippen MR) is 60.1 cm³/mol. The van der Waals surface area contributed by atoms with Crippen LogP contribution in [0.15, 0.2) is 12.2 Å². The maximum Gasteiger partial charge on any atom is 0.0249 e. The van der Waals surface area contributed by atoms with Gasteiger partial charge in [-0.15, -0.1) is 0 Å². The van der Waals surface area contributed by atoms with Crippen molar-refractivity contribution < 1.29 is 0 Å². The molecule has 0 saturated carbocycles. The molecule has 0 unspecified atom stereocenters. The molecular formula is C11H24N2. The zero-order chi connectivity index (χ0) is 10.5. The van der Waals surface area contributed by atoms with Crippen molar-refractivity contribution in [3.8, 4) is 0 Å². The number of nitrogens with one attached hydrogen (secondary N) is 1. The quantitative estimate of drug-likeness (QED) is 0.634. The standard InChI is InChI=1S/C11H24N2/c1-7-13(8-10(2)3)9-11(4,5)12-6/h12H,2,7-9H2,1,3-6H3. The van der Waals surface area contributed by atoms with Gasteiger partial charge in [-0.25, -0.2) is 0 Å². The summed E-state index contributed by atoms with van der Waals surface area (Å²) in [4.78, 5) is 2.40. The fraction of sp³-hybridized carbons (Fsp3) is 0.818. The van der Waals surface area contributed by atoms with Crippen LogP contribution < -0.4 is 5.32 Å². The van der Waals surface area contributed by atoms with E-state index in [0.29, 0.717) is 0 Å². The van der Waals surface area contributed by atoms with E-state index in [-0.39, 0.29) is 5.54 Å². The highest BCUT2D eigenvalue weighted by atomic mass is 15.2. The van der Waals surface area contributed by atoms with Crippen molar-refractivity contribution in [2.45, 2.75) is 33.2 Å². The lowest BCUT2D eigenvalue weighted by Crippen LogP contribution is -2.47. The molecule has 0 aliphatic heterocycles.